The van der Waals surface area contributed by atoms with Crippen molar-refractivity contribution in [1.82, 2.24) is 15.2 Å². The Kier molecular flexibility index (Phi) is 4.14. The van der Waals surface area contributed by atoms with Crippen molar-refractivity contribution in [2.24, 2.45) is 0 Å². The lowest BCUT2D eigenvalue weighted by Gasteiger charge is -2.24. The zero-order chi connectivity index (χ0) is 13.9. The molecule has 1 fully saturated rings. The van der Waals surface area contributed by atoms with Crippen LogP contribution in [-0.2, 0) is 6.54 Å². The number of rotatable bonds is 3. The zero-order valence-electron chi connectivity index (χ0n) is 10.3. The summed E-state index contributed by atoms with van der Waals surface area (Å²) >= 11 is 0. The Morgan fingerprint density at radius 3 is 2.95 bits per heavy atom. The fraction of sp³-hybridized carbons (Fsp3) is 0.583. The molecule has 1 aliphatic rings. The molecule has 0 radical (unpaired) electrons. The highest BCUT2D eigenvalue weighted by molar-refractivity contribution is 5.93. The fourth-order valence-corrected chi connectivity index (χ4v) is 2.19. The summed E-state index contributed by atoms with van der Waals surface area (Å²) < 4.78 is 38.0. The normalized spacial score (nSPS) is 20.3. The number of halogens is 3. The Morgan fingerprint density at radius 2 is 2.32 bits per heavy atom. The van der Waals surface area contributed by atoms with E-state index >= 15 is 0 Å². The molecule has 0 unspecified atom stereocenters. The topological polar surface area (TPSA) is 46.1 Å². The van der Waals surface area contributed by atoms with Crippen LogP contribution in [0.5, 0.6) is 0 Å². The van der Waals surface area contributed by atoms with Crippen LogP contribution in [0.2, 0.25) is 0 Å². The molecule has 0 aliphatic carbocycles. The molecule has 106 valence electrons. The van der Waals surface area contributed by atoms with Gasteiger partial charge in [-0.05, 0) is 31.5 Å². The first-order valence-corrected chi connectivity index (χ1v) is 6.19. The standard InChI is InChI=1S/C12H16F3N3O/c13-12(14,15)8-18-6-2-4-10(18)11(19)17-9-3-1-5-16-7-9/h2,4,6,9,16H,1,3,5,7-8H2,(H,17,19)/t9-/m0/s1. The molecule has 1 aromatic heterocycles. The van der Waals surface area contributed by atoms with Crippen LogP contribution in [0.25, 0.3) is 0 Å². The van der Waals surface area contributed by atoms with E-state index in [4.69, 9.17) is 0 Å². The van der Waals surface area contributed by atoms with Crippen molar-refractivity contribution in [2.45, 2.75) is 31.6 Å². The van der Waals surface area contributed by atoms with Crippen molar-refractivity contribution < 1.29 is 18.0 Å². The van der Waals surface area contributed by atoms with Gasteiger partial charge in [-0.2, -0.15) is 13.2 Å². The molecular weight excluding hydrogens is 259 g/mol. The second kappa shape index (κ2) is 5.64. The van der Waals surface area contributed by atoms with Crippen LogP contribution in [0.1, 0.15) is 23.3 Å². The van der Waals surface area contributed by atoms with E-state index in [9.17, 15) is 18.0 Å². The van der Waals surface area contributed by atoms with E-state index in [1.807, 2.05) is 0 Å². The summed E-state index contributed by atoms with van der Waals surface area (Å²) in [5, 5.41) is 5.89. The predicted octanol–water partition coefficient (Wildman–Crippen LogP) is 1.53. The number of alkyl halides is 3. The number of nitrogens with zero attached hydrogens (tertiary/aromatic N) is 1. The van der Waals surface area contributed by atoms with E-state index in [0.29, 0.717) is 6.54 Å². The number of carbonyl (C=O) groups is 1. The second-order valence-corrected chi connectivity index (χ2v) is 4.65. The largest absolute Gasteiger partial charge is 0.406 e. The first-order chi connectivity index (χ1) is 8.96. The summed E-state index contributed by atoms with van der Waals surface area (Å²) in [7, 11) is 0. The first-order valence-electron chi connectivity index (χ1n) is 6.19. The van der Waals surface area contributed by atoms with Crippen LogP contribution in [0.3, 0.4) is 0 Å². The summed E-state index contributed by atoms with van der Waals surface area (Å²) in [6.45, 7) is 0.425. The molecule has 2 heterocycles. The van der Waals surface area contributed by atoms with Crippen LogP contribution in [0.4, 0.5) is 13.2 Å². The average Bonchev–Trinajstić information content (AvgIpc) is 2.76. The molecule has 1 aliphatic heterocycles. The maximum atomic E-state index is 12.4. The maximum Gasteiger partial charge on any atom is 0.406 e. The minimum Gasteiger partial charge on any atom is -0.347 e. The number of amides is 1. The van der Waals surface area contributed by atoms with Gasteiger partial charge in [-0.15, -0.1) is 0 Å². The smallest absolute Gasteiger partial charge is 0.347 e. The lowest BCUT2D eigenvalue weighted by Crippen LogP contribution is -2.46. The van der Waals surface area contributed by atoms with Gasteiger partial charge in [0.2, 0.25) is 0 Å². The van der Waals surface area contributed by atoms with E-state index in [1.54, 1.807) is 0 Å². The van der Waals surface area contributed by atoms with Crippen LogP contribution < -0.4 is 10.6 Å². The minimum absolute atomic E-state index is 0.0181. The Labute approximate surface area is 109 Å². The third-order valence-electron chi connectivity index (χ3n) is 3.04. The SMILES string of the molecule is O=C(N[C@H]1CCCNC1)c1cccn1CC(F)(F)F. The number of aromatic nitrogens is 1. The maximum absolute atomic E-state index is 12.4. The van der Waals surface area contributed by atoms with Crippen molar-refractivity contribution in [3.05, 3.63) is 24.0 Å². The highest BCUT2D eigenvalue weighted by Gasteiger charge is 2.29. The number of hydrogen-bond acceptors (Lipinski definition) is 2. The van der Waals surface area contributed by atoms with Crippen molar-refractivity contribution in [3.63, 3.8) is 0 Å². The van der Waals surface area contributed by atoms with Crippen molar-refractivity contribution in [1.29, 1.82) is 0 Å². The van der Waals surface area contributed by atoms with E-state index < -0.39 is 18.6 Å². The van der Waals surface area contributed by atoms with Gasteiger partial charge in [-0.3, -0.25) is 4.79 Å². The highest BCUT2D eigenvalue weighted by atomic mass is 19.4. The molecule has 4 nitrogen and oxygen atoms in total. The molecule has 0 bridgehead atoms. The van der Waals surface area contributed by atoms with Gasteiger partial charge in [0.05, 0.1) is 0 Å². The summed E-state index contributed by atoms with van der Waals surface area (Å²) in [6, 6.07) is 2.83. The Balaban J connectivity index is 2.00. The Hall–Kier alpha value is -1.50. The molecule has 7 heteroatoms. The first kappa shape index (κ1) is 13.9. The summed E-state index contributed by atoms with van der Waals surface area (Å²) in [6.07, 6.45) is -1.27. The average molecular weight is 275 g/mol. The Bertz CT molecular complexity index is 436. The van der Waals surface area contributed by atoms with Gasteiger partial charge in [-0.25, -0.2) is 0 Å². The predicted molar refractivity (Wildman–Crippen MR) is 63.8 cm³/mol. The van der Waals surface area contributed by atoms with Gasteiger partial charge >= 0.3 is 6.18 Å². The molecule has 0 saturated carbocycles. The van der Waals surface area contributed by atoms with Gasteiger partial charge in [0.1, 0.15) is 12.2 Å². The zero-order valence-corrected chi connectivity index (χ0v) is 10.3. The molecule has 2 N–H and O–H groups in total. The number of carbonyl (C=O) groups excluding carboxylic acids is 1. The van der Waals surface area contributed by atoms with E-state index in [0.717, 1.165) is 24.0 Å². The summed E-state index contributed by atoms with van der Waals surface area (Å²) in [5.74, 6) is -0.456. The molecule has 1 saturated heterocycles. The van der Waals surface area contributed by atoms with Crippen LogP contribution >= 0.6 is 0 Å². The Morgan fingerprint density at radius 1 is 1.53 bits per heavy atom. The van der Waals surface area contributed by atoms with E-state index in [-0.39, 0.29) is 11.7 Å². The second-order valence-electron chi connectivity index (χ2n) is 4.65. The van der Waals surface area contributed by atoms with Crippen molar-refractivity contribution in [2.75, 3.05) is 13.1 Å². The minimum atomic E-state index is -4.33. The quantitative estimate of drug-likeness (QED) is 0.879. The lowest BCUT2D eigenvalue weighted by molar-refractivity contribution is -0.140. The van der Waals surface area contributed by atoms with Crippen LogP contribution in [0.15, 0.2) is 18.3 Å². The molecule has 2 rings (SSSR count). The molecule has 0 aromatic carbocycles. The van der Waals surface area contributed by atoms with Gasteiger partial charge in [-0.1, -0.05) is 0 Å². The third-order valence-corrected chi connectivity index (χ3v) is 3.04. The molecule has 0 spiro atoms. The lowest BCUT2D eigenvalue weighted by atomic mass is 10.1. The summed E-state index contributed by atoms with van der Waals surface area (Å²) in [5.41, 5.74) is 0.0444. The number of hydrogen-bond donors (Lipinski definition) is 2. The molecule has 19 heavy (non-hydrogen) atoms. The van der Waals surface area contributed by atoms with Crippen molar-refractivity contribution in [3.8, 4) is 0 Å². The van der Waals surface area contributed by atoms with Crippen molar-refractivity contribution >= 4 is 5.91 Å². The van der Waals surface area contributed by atoms with Crippen LogP contribution in [-0.4, -0.2) is 35.8 Å². The fourth-order valence-electron chi connectivity index (χ4n) is 2.19. The number of nitrogens with one attached hydrogen (secondary N) is 2. The van der Waals surface area contributed by atoms with Gasteiger partial charge in [0, 0.05) is 18.8 Å². The number of piperidine rings is 1. The molecule has 1 atom stereocenters. The summed E-state index contributed by atoms with van der Waals surface area (Å²) in [4.78, 5) is 12.0. The monoisotopic (exact) mass is 275 g/mol. The van der Waals surface area contributed by atoms with Crippen LogP contribution in [0, 0.1) is 0 Å². The van der Waals surface area contributed by atoms with E-state index in [1.165, 1.54) is 18.3 Å². The van der Waals surface area contributed by atoms with Gasteiger partial charge in [0.25, 0.3) is 5.91 Å². The van der Waals surface area contributed by atoms with Gasteiger partial charge < -0.3 is 15.2 Å². The van der Waals surface area contributed by atoms with E-state index in [2.05, 4.69) is 10.6 Å². The third kappa shape index (κ3) is 3.99. The molecule has 1 amide bonds. The highest BCUT2D eigenvalue weighted by Crippen LogP contribution is 2.19. The van der Waals surface area contributed by atoms with Gasteiger partial charge in [0.15, 0.2) is 0 Å². The molecule has 1 aromatic rings. The molecular formula is C12H16F3N3O.